The standard InChI is InChI=1S/C15H11BrClFN2O3/c16-9-3-12(15(19)20-14(9)17)23-6-7-5-22-11-2-1-10(18)8(4-21)13(7)11/h1-4,7H,5-6H2,(H2,19,20). The normalized spacial score (nSPS) is 15.9. The van der Waals surface area contributed by atoms with Gasteiger partial charge in [-0.05, 0) is 28.1 Å². The van der Waals surface area contributed by atoms with Crippen molar-refractivity contribution in [2.24, 2.45) is 0 Å². The van der Waals surface area contributed by atoms with E-state index in [2.05, 4.69) is 20.9 Å². The Morgan fingerprint density at radius 3 is 3.09 bits per heavy atom. The molecule has 2 N–H and O–H groups in total. The Balaban J connectivity index is 1.84. The number of halogens is 3. The molecule has 0 fully saturated rings. The SMILES string of the molecule is Nc1nc(Cl)c(Br)cc1OCC1COc2ccc(F)c(C=O)c21. The summed E-state index contributed by atoms with van der Waals surface area (Å²) in [5, 5.41) is 0.231. The number of hydrogen-bond acceptors (Lipinski definition) is 5. The van der Waals surface area contributed by atoms with E-state index in [1.165, 1.54) is 12.1 Å². The average molecular weight is 402 g/mol. The Morgan fingerprint density at radius 2 is 2.35 bits per heavy atom. The fourth-order valence-corrected chi connectivity index (χ4v) is 2.87. The van der Waals surface area contributed by atoms with Crippen molar-refractivity contribution in [1.82, 2.24) is 4.98 Å². The first-order chi connectivity index (χ1) is 11.0. The molecule has 0 aliphatic carbocycles. The van der Waals surface area contributed by atoms with Gasteiger partial charge in [-0.25, -0.2) is 9.37 Å². The summed E-state index contributed by atoms with van der Waals surface area (Å²) in [4.78, 5) is 15.1. The average Bonchev–Trinajstić information content (AvgIpc) is 2.93. The van der Waals surface area contributed by atoms with Gasteiger partial charge < -0.3 is 15.2 Å². The second kappa shape index (κ2) is 6.33. The summed E-state index contributed by atoms with van der Waals surface area (Å²) in [6, 6.07) is 4.32. The first kappa shape index (κ1) is 16.0. The van der Waals surface area contributed by atoms with Gasteiger partial charge in [0.1, 0.15) is 16.7 Å². The van der Waals surface area contributed by atoms with Gasteiger partial charge in [0.2, 0.25) is 0 Å². The minimum atomic E-state index is -0.579. The van der Waals surface area contributed by atoms with Crippen LogP contribution in [0.4, 0.5) is 10.2 Å². The maximum atomic E-state index is 13.8. The summed E-state index contributed by atoms with van der Waals surface area (Å²) < 4.78 is 25.5. The van der Waals surface area contributed by atoms with Gasteiger partial charge in [-0.15, -0.1) is 0 Å². The quantitative estimate of drug-likeness (QED) is 0.626. The summed E-state index contributed by atoms with van der Waals surface area (Å²) in [7, 11) is 0. The van der Waals surface area contributed by atoms with Crippen LogP contribution in [-0.2, 0) is 0 Å². The number of carbonyl (C=O) groups excluding carboxylic acids is 1. The number of benzene rings is 1. The second-order valence-corrected chi connectivity index (χ2v) is 6.17. The Morgan fingerprint density at radius 1 is 1.57 bits per heavy atom. The molecule has 0 saturated heterocycles. The van der Waals surface area contributed by atoms with E-state index in [1.807, 2.05) is 0 Å². The van der Waals surface area contributed by atoms with E-state index in [9.17, 15) is 9.18 Å². The number of anilines is 1. The summed E-state index contributed by atoms with van der Waals surface area (Å²) >= 11 is 9.08. The Labute approximate surface area is 144 Å². The predicted octanol–water partition coefficient (Wildman–Crippen LogP) is 3.59. The molecule has 0 spiro atoms. The van der Waals surface area contributed by atoms with Gasteiger partial charge in [0.25, 0.3) is 0 Å². The minimum absolute atomic E-state index is 0.00279. The highest BCUT2D eigenvalue weighted by atomic mass is 79.9. The van der Waals surface area contributed by atoms with E-state index >= 15 is 0 Å². The molecule has 1 aliphatic rings. The van der Waals surface area contributed by atoms with Gasteiger partial charge >= 0.3 is 0 Å². The molecule has 1 aliphatic heterocycles. The summed E-state index contributed by atoms with van der Waals surface area (Å²) in [6.07, 6.45) is 0.491. The molecule has 2 aromatic rings. The lowest BCUT2D eigenvalue weighted by Crippen LogP contribution is -2.14. The zero-order chi connectivity index (χ0) is 16.6. The van der Waals surface area contributed by atoms with Crippen LogP contribution in [0.2, 0.25) is 5.15 Å². The minimum Gasteiger partial charge on any atom is -0.492 e. The first-order valence-corrected chi connectivity index (χ1v) is 7.83. The lowest BCUT2D eigenvalue weighted by atomic mass is 9.96. The number of nitrogens with zero attached hydrogens (tertiary/aromatic N) is 1. The molecule has 1 aromatic carbocycles. The fraction of sp³-hybridized carbons (Fsp3) is 0.200. The van der Waals surface area contributed by atoms with Crippen LogP contribution in [-0.4, -0.2) is 24.5 Å². The van der Waals surface area contributed by atoms with Gasteiger partial charge in [-0.1, -0.05) is 11.6 Å². The summed E-state index contributed by atoms with van der Waals surface area (Å²) in [5.41, 5.74) is 6.27. The van der Waals surface area contributed by atoms with E-state index < -0.39 is 5.82 Å². The number of ether oxygens (including phenoxy) is 2. The van der Waals surface area contributed by atoms with Gasteiger partial charge in [-0.3, -0.25) is 4.79 Å². The van der Waals surface area contributed by atoms with Crippen LogP contribution in [0, 0.1) is 5.82 Å². The molecular formula is C15H11BrClFN2O3. The number of rotatable bonds is 4. The van der Waals surface area contributed by atoms with Crippen LogP contribution in [0.1, 0.15) is 21.8 Å². The van der Waals surface area contributed by atoms with Crippen molar-refractivity contribution < 1.29 is 18.7 Å². The molecular weight excluding hydrogens is 391 g/mol. The van der Waals surface area contributed by atoms with Crippen LogP contribution in [0.3, 0.4) is 0 Å². The zero-order valence-electron chi connectivity index (χ0n) is 11.7. The number of nitrogen functional groups attached to an aromatic ring is 1. The van der Waals surface area contributed by atoms with Crippen molar-refractivity contribution >= 4 is 39.6 Å². The van der Waals surface area contributed by atoms with Crippen molar-refractivity contribution in [1.29, 1.82) is 0 Å². The molecule has 8 heteroatoms. The number of aldehydes is 1. The first-order valence-electron chi connectivity index (χ1n) is 6.66. The Kier molecular flexibility index (Phi) is 4.41. The maximum Gasteiger partial charge on any atom is 0.167 e. The monoisotopic (exact) mass is 400 g/mol. The van der Waals surface area contributed by atoms with Gasteiger partial charge in [0.15, 0.2) is 17.9 Å². The number of pyridine rings is 1. The molecule has 23 heavy (non-hydrogen) atoms. The fourth-order valence-electron chi connectivity index (χ4n) is 2.43. The van der Waals surface area contributed by atoms with Crippen LogP contribution in [0.25, 0.3) is 0 Å². The van der Waals surface area contributed by atoms with Crippen LogP contribution in [0.5, 0.6) is 11.5 Å². The van der Waals surface area contributed by atoms with Crippen LogP contribution < -0.4 is 15.2 Å². The number of hydrogen-bond donors (Lipinski definition) is 1. The molecule has 1 atom stereocenters. The molecule has 1 aromatic heterocycles. The zero-order valence-corrected chi connectivity index (χ0v) is 14.0. The van der Waals surface area contributed by atoms with E-state index in [0.717, 1.165) is 0 Å². The second-order valence-electron chi connectivity index (χ2n) is 4.95. The molecule has 2 heterocycles. The molecule has 0 amide bonds. The van der Waals surface area contributed by atoms with Crippen molar-refractivity contribution in [2.45, 2.75) is 5.92 Å². The lowest BCUT2D eigenvalue weighted by molar-refractivity contribution is 0.111. The third-order valence-electron chi connectivity index (χ3n) is 3.53. The van der Waals surface area contributed by atoms with Gasteiger partial charge in [0.05, 0.1) is 29.2 Å². The number of fused-ring (bicyclic) bond motifs is 1. The molecule has 0 radical (unpaired) electrons. The topological polar surface area (TPSA) is 74.4 Å². The molecule has 120 valence electrons. The number of carbonyl (C=O) groups is 1. The Hall–Kier alpha value is -1.86. The highest BCUT2D eigenvalue weighted by Crippen LogP contribution is 2.38. The number of nitrogens with two attached hydrogens (primary N) is 1. The predicted molar refractivity (Wildman–Crippen MR) is 86.9 cm³/mol. The summed E-state index contributed by atoms with van der Waals surface area (Å²) in [6.45, 7) is 0.457. The van der Waals surface area contributed by atoms with Gasteiger partial charge in [-0.2, -0.15) is 0 Å². The van der Waals surface area contributed by atoms with Crippen LogP contribution in [0.15, 0.2) is 22.7 Å². The smallest absolute Gasteiger partial charge is 0.167 e. The third kappa shape index (κ3) is 2.98. The molecule has 1 unspecified atom stereocenters. The van der Waals surface area contributed by atoms with E-state index in [-0.39, 0.29) is 29.1 Å². The molecule has 0 bridgehead atoms. The van der Waals surface area contributed by atoms with E-state index in [1.54, 1.807) is 6.07 Å². The van der Waals surface area contributed by atoms with E-state index in [0.29, 0.717) is 34.4 Å². The Bertz CT molecular complexity index is 788. The summed E-state index contributed by atoms with van der Waals surface area (Å²) in [5.74, 6) is 0.121. The highest BCUT2D eigenvalue weighted by Gasteiger charge is 2.29. The maximum absolute atomic E-state index is 13.8. The molecule has 3 rings (SSSR count). The van der Waals surface area contributed by atoms with Crippen molar-refractivity contribution in [3.63, 3.8) is 0 Å². The largest absolute Gasteiger partial charge is 0.492 e. The van der Waals surface area contributed by atoms with Gasteiger partial charge in [0, 0.05) is 11.6 Å². The van der Waals surface area contributed by atoms with Crippen LogP contribution >= 0.6 is 27.5 Å². The number of aromatic nitrogens is 1. The lowest BCUT2D eigenvalue weighted by Gasteiger charge is -2.14. The molecule has 5 nitrogen and oxygen atoms in total. The van der Waals surface area contributed by atoms with Crippen molar-refractivity contribution in [3.8, 4) is 11.5 Å². The third-order valence-corrected chi connectivity index (χ3v) is 4.65. The highest BCUT2D eigenvalue weighted by molar-refractivity contribution is 9.10. The van der Waals surface area contributed by atoms with Crippen molar-refractivity contribution in [2.75, 3.05) is 18.9 Å². The van der Waals surface area contributed by atoms with E-state index in [4.69, 9.17) is 26.8 Å². The van der Waals surface area contributed by atoms with Crippen molar-refractivity contribution in [3.05, 3.63) is 44.8 Å². The molecule has 0 saturated carbocycles.